The molecule has 2 saturated heterocycles. The predicted octanol–water partition coefficient (Wildman–Crippen LogP) is 1.07. The summed E-state index contributed by atoms with van der Waals surface area (Å²) in [6, 6.07) is 5.03. The van der Waals surface area contributed by atoms with Crippen LogP contribution in [0.25, 0.3) is 0 Å². The second-order valence-corrected chi connectivity index (χ2v) is 9.15. The molecule has 0 spiro atoms. The van der Waals surface area contributed by atoms with Crippen LogP contribution in [0.4, 0.5) is 23.5 Å². The lowest BCUT2D eigenvalue weighted by molar-refractivity contribution is 0.441. The molecule has 2 aliphatic rings. The summed E-state index contributed by atoms with van der Waals surface area (Å²) in [6.07, 6.45) is 1.53. The van der Waals surface area contributed by atoms with Crippen molar-refractivity contribution in [3.8, 4) is 0 Å². The van der Waals surface area contributed by atoms with E-state index >= 15 is 0 Å². The SMILES string of the molecule is Cl.N[C@@H]1C[C@H](N)CN(c2nc(Nc3ccc(Cl)c(Cl)c3)nc(N3C[C@H](N)C[C@H](N)C3)n2)C1. The molecule has 4 atom stereocenters. The summed E-state index contributed by atoms with van der Waals surface area (Å²) in [5.41, 5.74) is 25.4. The van der Waals surface area contributed by atoms with Gasteiger partial charge in [0.05, 0.1) is 10.0 Å². The molecule has 0 bridgehead atoms. The topological polar surface area (TPSA) is 161 Å². The second kappa shape index (κ2) is 10.5. The van der Waals surface area contributed by atoms with E-state index in [0.717, 1.165) is 12.8 Å². The van der Waals surface area contributed by atoms with Gasteiger partial charge in [-0.3, -0.25) is 0 Å². The minimum absolute atomic E-state index is 0. The van der Waals surface area contributed by atoms with Gasteiger partial charge in [-0.1, -0.05) is 23.2 Å². The van der Waals surface area contributed by atoms with Crippen molar-refractivity contribution >= 4 is 59.1 Å². The summed E-state index contributed by atoms with van der Waals surface area (Å²) in [7, 11) is 0. The zero-order valence-electron chi connectivity index (χ0n) is 17.5. The van der Waals surface area contributed by atoms with E-state index in [1.54, 1.807) is 18.2 Å². The Labute approximate surface area is 203 Å². The lowest BCUT2D eigenvalue weighted by Gasteiger charge is -2.37. The molecule has 2 aromatic rings. The van der Waals surface area contributed by atoms with Crippen molar-refractivity contribution in [2.45, 2.75) is 37.0 Å². The average molecular weight is 504 g/mol. The fourth-order valence-corrected chi connectivity index (χ4v) is 4.38. The summed E-state index contributed by atoms with van der Waals surface area (Å²) >= 11 is 12.2. The van der Waals surface area contributed by atoms with Crippen LogP contribution in [0.1, 0.15) is 12.8 Å². The molecule has 0 radical (unpaired) electrons. The third kappa shape index (κ3) is 6.02. The van der Waals surface area contributed by atoms with Crippen LogP contribution < -0.4 is 38.1 Å². The fourth-order valence-electron chi connectivity index (χ4n) is 4.08. The molecule has 2 fully saturated rings. The molecule has 0 unspecified atom stereocenters. The van der Waals surface area contributed by atoms with Crippen molar-refractivity contribution < 1.29 is 0 Å². The van der Waals surface area contributed by atoms with Crippen molar-refractivity contribution in [2.75, 3.05) is 41.3 Å². The molecule has 9 N–H and O–H groups in total. The van der Waals surface area contributed by atoms with E-state index in [0.29, 0.717) is 59.8 Å². The highest BCUT2D eigenvalue weighted by molar-refractivity contribution is 6.42. The first-order chi connectivity index (χ1) is 14.8. The van der Waals surface area contributed by atoms with Crippen molar-refractivity contribution in [2.24, 2.45) is 22.9 Å². The Kier molecular flexibility index (Phi) is 8.21. The molecule has 0 saturated carbocycles. The van der Waals surface area contributed by atoms with Gasteiger partial charge < -0.3 is 38.1 Å². The van der Waals surface area contributed by atoms with Gasteiger partial charge in [0, 0.05) is 56.0 Å². The maximum atomic E-state index is 6.18. The molecule has 1 aromatic carbocycles. The first-order valence-corrected chi connectivity index (χ1v) is 11.0. The Balaban J connectivity index is 0.00000289. The Morgan fingerprint density at radius 3 is 1.66 bits per heavy atom. The Bertz CT molecular complexity index is 868. The number of nitrogens with two attached hydrogens (primary N) is 4. The number of aromatic nitrogens is 3. The summed E-state index contributed by atoms with van der Waals surface area (Å²) in [4.78, 5) is 17.9. The summed E-state index contributed by atoms with van der Waals surface area (Å²) in [6.45, 7) is 2.45. The Hall–Kier alpha value is -1.66. The molecular weight excluding hydrogens is 475 g/mol. The highest BCUT2D eigenvalue weighted by Crippen LogP contribution is 2.28. The molecule has 32 heavy (non-hydrogen) atoms. The zero-order valence-corrected chi connectivity index (χ0v) is 19.8. The fraction of sp³-hybridized carbons (Fsp3) is 0.526. The number of nitrogens with zero attached hydrogens (tertiary/aromatic N) is 5. The Morgan fingerprint density at radius 2 is 1.22 bits per heavy atom. The van der Waals surface area contributed by atoms with Crippen molar-refractivity contribution in [1.29, 1.82) is 0 Å². The molecule has 0 amide bonds. The van der Waals surface area contributed by atoms with Crippen LogP contribution in [0.15, 0.2) is 18.2 Å². The standard InChI is InChI=1S/C19H28Cl2N10.ClH/c20-15-2-1-14(5-16(15)21)26-17-27-18(30-6-10(22)3-11(23)7-30)29-19(28-17)31-8-12(24)4-13(25)9-31;/h1-2,5,10-13H,3-4,6-9,22-25H2,(H,26,27,28,29);1H/t10-,11+,12-,13+;. The van der Waals surface area contributed by atoms with E-state index in [9.17, 15) is 0 Å². The number of hydrogen-bond acceptors (Lipinski definition) is 10. The molecule has 1 aromatic heterocycles. The molecular formula is C19H29Cl3N10. The summed E-state index contributed by atoms with van der Waals surface area (Å²) < 4.78 is 0. The molecule has 2 aliphatic heterocycles. The first kappa shape index (κ1) is 25.0. The van der Waals surface area contributed by atoms with Crippen LogP contribution in [-0.4, -0.2) is 65.3 Å². The monoisotopic (exact) mass is 502 g/mol. The number of rotatable bonds is 4. The first-order valence-electron chi connectivity index (χ1n) is 10.3. The van der Waals surface area contributed by atoms with E-state index in [2.05, 4.69) is 15.3 Å². The smallest absolute Gasteiger partial charge is 0.233 e. The Morgan fingerprint density at radius 1 is 0.750 bits per heavy atom. The number of halogens is 3. The maximum absolute atomic E-state index is 6.18. The number of anilines is 4. The van der Waals surface area contributed by atoms with Gasteiger partial charge >= 0.3 is 0 Å². The minimum atomic E-state index is -0.0488. The molecule has 4 rings (SSSR count). The van der Waals surface area contributed by atoms with Gasteiger partial charge in [-0.15, -0.1) is 12.4 Å². The average Bonchev–Trinajstić information content (AvgIpc) is 2.69. The highest BCUT2D eigenvalue weighted by atomic mass is 35.5. The van der Waals surface area contributed by atoms with E-state index < -0.39 is 0 Å². The molecule has 0 aliphatic carbocycles. The third-order valence-corrected chi connectivity index (χ3v) is 6.12. The third-order valence-electron chi connectivity index (χ3n) is 5.38. The number of nitrogens with one attached hydrogen (secondary N) is 1. The van der Waals surface area contributed by atoms with Crippen LogP contribution in [-0.2, 0) is 0 Å². The van der Waals surface area contributed by atoms with E-state index in [1.165, 1.54) is 0 Å². The number of piperidine rings is 2. The van der Waals surface area contributed by atoms with Crippen LogP contribution in [0.3, 0.4) is 0 Å². The summed E-state index contributed by atoms with van der Waals surface area (Å²) in [5, 5.41) is 4.09. The molecule has 13 heteroatoms. The zero-order chi connectivity index (χ0) is 22.1. The van der Waals surface area contributed by atoms with Crippen LogP contribution >= 0.6 is 35.6 Å². The van der Waals surface area contributed by atoms with Gasteiger partial charge in [-0.05, 0) is 31.0 Å². The molecule has 176 valence electrons. The molecule has 10 nitrogen and oxygen atoms in total. The minimum Gasteiger partial charge on any atom is -0.338 e. The number of benzene rings is 1. The largest absolute Gasteiger partial charge is 0.338 e. The normalized spacial score (nSPS) is 25.9. The highest BCUT2D eigenvalue weighted by Gasteiger charge is 2.28. The summed E-state index contributed by atoms with van der Waals surface area (Å²) in [5.74, 6) is 1.38. The van der Waals surface area contributed by atoms with Gasteiger partial charge in [-0.2, -0.15) is 15.0 Å². The van der Waals surface area contributed by atoms with Crippen LogP contribution in [0.2, 0.25) is 10.0 Å². The lowest BCUT2D eigenvalue weighted by atomic mass is 10.0. The second-order valence-electron chi connectivity index (χ2n) is 8.33. The van der Waals surface area contributed by atoms with E-state index in [4.69, 9.17) is 51.1 Å². The maximum Gasteiger partial charge on any atom is 0.233 e. The van der Waals surface area contributed by atoms with Crippen molar-refractivity contribution in [1.82, 2.24) is 15.0 Å². The van der Waals surface area contributed by atoms with Crippen molar-refractivity contribution in [3.05, 3.63) is 28.2 Å². The van der Waals surface area contributed by atoms with Gasteiger partial charge in [0.1, 0.15) is 0 Å². The van der Waals surface area contributed by atoms with Crippen LogP contribution in [0, 0.1) is 0 Å². The predicted molar refractivity (Wildman–Crippen MR) is 132 cm³/mol. The lowest BCUT2D eigenvalue weighted by Crippen LogP contribution is -2.54. The van der Waals surface area contributed by atoms with Gasteiger partial charge in [-0.25, -0.2) is 0 Å². The van der Waals surface area contributed by atoms with Crippen molar-refractivity contribution in [3.63, 3.8) is 0 Å². The van der Waals surface area contributed by atoms with E-state index in [-0.39, 0.29) is 36.6 Å². The van der Waals surface area contributed by atoms with Crippen LogP contribution in [0.5, 0.6) is 0 Å². The quantitative estimate of drug-likeness (QED) is 0.408. The number of hydrogen-bond donors (Lipinski definition) is 5. The van der Waals surface area contributed by atoms with Gasteiger partial charge in [0.2, 0.25) is 17.8 Å². The molecule has 3 heterocycles. The van der Waals surface area contributed by atoms with Gasteiger partial charge in [0.15, 0.2) is 0 Å². The van der Waals surface area contributed by atoms with Gasteiger partial charge in [0.25, 0.3) is 0 Å². The van der Waals surface area contributed by atoms with E-state index in [1.807, 2.05) is 9.80 Å².